The largest absolute Gasteiger partial charge is 0.466 e. The van der Waals surface area contributed by atoms with Crippen LogP contribution in [0.15, 0.2) is 46.2 Å². The molecule has 0 bridgehead atoms. The molecule has 2 aromatic rings. The summed E-state index contributed by atoms with van der Waals surface area (Å²) in [6.45, 7) is 6.65. The first-order chi connectivity index (χ1) is 11.0. The van der Waals surface area contributed by atoms with Gasteiger partial charge in [0.05, 0.1) is 0 Å². The van der Waals surface area contributed by atoms with Crippen LogP contribution < -0.4 is 0 Å². The lowest BCUT2D eigenvalue weighted by atomic mass is 10.2. The number of rotatable bonds is 4. The predicted octanol–water partition coefficient (Wildman–Crippen LogP) is 3.03. The fourth-order valence-electron chi connectivity index (χ4n) is 2.47. The van der Waals surface area contributed by atoms with E-state index in [4.69, 9.17) is 0 Å². The van der Waals surface area contributed by atoms with Crippen LogP contribution in [0, 0.1) is 27.7 Å². The van der Waals surface area contributed by atoms with E-state index >= 15 is 0 Å². The molecular formula is C16H18N2O4S2. The Balaban J connectivity index is 2.61. The summed E-state index contributed by atoms with van der Waals surface area (Å²) >= 11 is 0. The van der Waals surface area contributed by atoms with Gasteiger partial charge < -0.3 is 5.53 Å². The van der Waals surface area contributed by atoms with Gasteiger partial charge in [-0.15, -0.1) is 0 Å². The molecule has 8 heteroatoms. The molecule has 0 spiro atoms. The highest BCUT2D eigenvalue weighted by Gasteiger charge is 2.37. The van der Waals surface area contributed by atoms with Gasteiger partial charge in [0.25, 0.3) is 0 Å². The lowest BCUT2D eigenvalue weighted by molar-refractivity contribution is -0.204. The summed E-state index contributed by atoms with van der Waals surface area (Å²) in [5, 5.41) is 0. The van der Waals surface area contributed by atoms with E-state index in [2.05, 4.69) is 0 Å². The summed E-state index contributed by atoms with van der Waals surface area (Å²) in [7, 11) is -9.24. The number of hydrogen-bond donors (Lipinski definition) is 0. The van der Waals surface area contributed by atoms with E-state index in [1.54, 1.807) is 26.0 Å². The number of nitrogens with zero attached hydrogens (tertiary/aromatic N) is 2. The maximum absolute atomic E-state index is 12.6. The highest BCUT2D eigenvalue weighted by Crippen LogP contribution is 2.25. The molecule has 0 aliphatic heterocycles. The topological polar surface area (TPSA) is 93.6 Å². The molecular weight excluding hydrogens is 348 g/mol. The zero-order chi connectivity index (χ0) is 18.3. The van der Waals surface area contributed by atoms with Gasteiger partial charge in [-0.3, -0.25) is 0 Å². The third-order valence-corrected chi connectivity index (χ3v) is 7.66. The lowest BCUT2D eigenvalue weighted by Gasteiger charge is -2.11. The van der Waals surface area contributed by atoms with Crippen molar-refractivity contribution in [2.75, 3.05) is 0 Å². The normalized spacial score (nSPS) is 12.2. The van der Waals surface area contributed by atoms with Crippen molar-refractivity contribution < 1.29 is 20.3 Å². The zero-order valence-electron chi connectivity index (χ0n) is 13.8. The Kier molecular flexibility index (Phi) is 4.65. The summed E-state index contributed by atoms with van der Waals surface area (Å²) in [4.78, 5) is -0.520. The average molecular weight is 366 g/mol. The summed E-state index contributed by atoms with van der Waals surface area (Å²) in [6.07, 6.45) is 0. The quantitative estimate of drug-likeness (QED) is 0.614. The van der Waals surface area contributed by atoms with Crippen molar-refractivity contribution in [1.29, 1.82) is 0 Å². The highest BCUT2D eigenvalue weighted by molar-refractivity contribution is 7.97. The molecule has 2 aromatic carbocycles. The van der Waals surface area contributed by atoms with Crippen molar-refractivity contribution in [3.05, 3.63) is 64.2 Å². The van der Waals surface area contributed by atoms with Gasteiger partial charge in [-0.1, -0.05) is 38.9 Å². The molecule has 0 radical (unpaired) electrons. The molecule has 24 heavy (non-hydrogen) atoms. The maximum Gasteiger partial charge on any atom is 0.401 e. The van der Waals surface area contributed by atoms with E-state index in [0.29, 0.717) is 11.1 Å². The number of aryl methyl sites for hydroxylation is 4. The fraction of sp³-hybridized carbons (Fsp3) is 0.250. The molecule has 0 unspecified atom stereocenters. The molecule has 128 valence electrons. The SMILES string of the molecule is Cc1ccc(S(=O)(=O)[N+](=[N-])S(=O)(=O)c2ccc(C)cc2C)c(C)c1. The second-order valence-corrected chi connectivity index (χ2v) is 9.43. The van der Waals surface area contributed by atoms with Gasteiger partial charge in [0, 0.05) is 0 Å². The number of benzene rings is 2. The van der Waals surface area contributed by atoms with Crippen LogP contribution in [-0.4, -0.2) is 20.3 Å². The molecule has 0 saturated carbocycles. The summed E-state index contributed by atoms with van der Waals surface area (Å²) < 4.78 is 49.7. The second-order valence-electron chi connectivity index (χ2n) is 5.73. The molecule has 0 N–H and O–H groups in total. The zero-order valence-corrected chi connectivity index (χ0v) is 15.4. The highest BCUT2D eigenvalue weighted by atomic mass is 32.3. The minimum atomic E-state index is -4.62. The molecule has 0 aliphatic carbocycles. The van der Waals surface area contributed by atoms with Crippen molar-refractivity contribution >= 4 is 20.0 Å². The van der Waals surface area contributed by atoms with Gasteiger partial charge in [-0.05, 0) is 51.0 Å². The van der Waals surface area contributed by atoms with Gasteiger partial charge in [-0.25, -0.2) is 0 Å². The van der Waals surface area contributed by atoms with E-state index in [1.807, 2.05) is 0 Å². The van der Waals surface area contributed by atoms with E-state index in [1.165, 1.54) is 38.1 Å². The number of sulfonamides is 2. The molecule has 2 rings (SSSR count). The Morgan fingerprint density at radius 2 is 1.04 bits per heavy atom. The molecule has 0 heterocycles. The predicted molar refractivity (Wildman–Crippen MR) is 89.8 cm³/mol. The third-order valence-electron chi connectivity index (χ3n) is 3.63. The van der Waals surface area contributed by atoms with Crippen LogP contribution in [0.1, 0.15) is 22.3 Å². The minimum absolute atomic E-state index is 0.260. The third kappa shape index (κ3) is 3.11. The molecule has 0 fully saturated rings. The smallest absolute Gasteiger partial charge is 0.401 e. The Morgan fingerprint density at radius 3 is 1.33 bits per heavy atom. The first kappa shape index (κ1) is 18.3. The molecule has 0 amide bonds. The second kappa shape index (κ2) is 6.10. The van der Waals surface area contributed by atoms with Crippen molar-refractivity contribution in [1.82, 2.24) is 0 Å². The van der Waals surface area contributed by atoms with Crippen LogP contribution in [0.4, 0.5) is 0 Å². The Labute approximate surface area is 142 Å². The van der Waals surface area contributed by atoms with Crippen molar-refractivity contribution in [2.45, 2.75) is 37.5 Å². The average Bonchev–Trinajstić information content (AvgIpc) is 2.45. The molecule has 0 aliphatic rings. The Hall–Kier alpha value is -2.06. The molecule has 0 atom stereocenters. The monoisotopic (exact) mass is 366 g/mol. The van der Waals surface area contributed by atoms with Gasteiger partial charge in [-0.2, -0.15) is 16.8 Å². The summed E-state index contributed by atoms with van der Waals surface area (Å²) in [5.74, 6) is 0. The fourth-order valence-corrected chi connectivity index (χ4v) is 5.74. The van der Waals surface area contributed by atoms with E-state index in [9.17, 15) is 22.4 Å². The van der Waals surface area contributed by atoms with Crippen LogP contribution in [0.3, 0.4) is 0 Å². The lowest BCUT2D eigenvalue weighted by Crippen LogP contribution is -2.26. The van der Waals surface area contributed by atoms with Crippen molar-refractivity contribution in [3.8, 4) is 0 Å². The van der Waals surface area contributed by atoms with Crippen LogP contribution in [0.5, 0.6) is 0 Å². The Bertz CT molecular complexity index is 956. The van der Waals surface area contributed by atoms with Gasteiger partial charge >= 0.3 is 20.0 Å². The standard InChI is InChI=1S/C16H18N2O4S2/c1-11-5-7-15(13(3)9-11)23(19,20)18(17)24(21,22)16-8-6-12(2)10-14(16)4/h5-10H,1-4H3. The van der Waals surface area contributed by atoms with Crippen molar-refractivity contribution in [3.63, 3.8) is 0 Å². The van der Waals surface area contributed by atoms with Crippen molar-refractivity contribution in [2.24, 2.45) is 0 Å². The molecule has 6 nitrogen and oxygen atoms in total. The molecule has 0 saturated heterocycles. The number of hydrogen-bond acceptors (Lipinski definition) is 4. The van der Waals surface area contributed by atoms with Crippen LogP contribution in [0.2, 0.25) is 0 Å². The van der Waals surface area contributed by atoms with Crippen LogP contribution in [-0.2, 0) is 20.0 Å². The minimum Gasteiger partial charge on any atom is -0.466 e. The summed E-state index contributed by atoms with van der Waals surface area (Å²) in [6, 6.07) is 8.84. The Morgan fingerprint density at radius 1 is 0.708 bits per heavy atom. The van der Waals surface area contributed by atoms with E-state index in [0.717, 1.165) is 11.1 Å². The van der Waals surface area contributed by atoms with E-state index < -0.39 is 23.6 Å². The maximum atomic E-state index is 12.6. The van der Waals surface area contributed by atoms with E-state index in [-0.39, 0.29) is 9.79 Å². The van der Waals surface area contributed by atoms with Crippen LogP contribution >= 0.6 is 0 Å². The van der Waals surface area contributed by atoms with Gasteiger partial charge in [0.2, 0.25) is 0 Å². The van der Waals surface area contributed by atoms with Gasteiger partial charge in [0.15, 0.2) is 0 Å². The van der Waals surface area contributed by atoms with Gasteiger partial charge in [0.1, 0.15) is 9.79 Å². The first-order valence-corrected chi connectivity index (χ1v) is 10.00. The first-order valence-electron chi connectivity index (χ1n) is 7.12. The van der Waals surface area contributed by atoms with Crippen LogP contribution in [0.25, 0.3) is 5.53 Å². The summed E-state index contributed by atoms with van der Waals surface area (Å²) in [5.41, 5.74) is 12.4. The molecule has 0 aromatic heterocycles.